The van der Waals surface area contributed by atoms with Crippen LogP contribution >= 0.6 is 0 Å². The van der Waals surface area contributed by atoms with Gasteiger partial charge in [0.15, 0.2) is 0 Å². The highest BCUT2D eigenvalue weighted by Gasteiger charge is 2.17. The first kappa shape index (κ1) is 13.8. The van der Waals surface area contributed by atoms with Gasteiger partial charge in [-0.25, -0.2) is 4.98 Å². The summed E-state index contributed by atoms with van der Waals surface area (Å²) in [6.45, 7) is 3.19. The number of aromatic nitrogens is 2. The van der Waals surface area contributed by atoms with Gasteiger partial charge in [0.25, 0.3) is 0 Å². The Hall–Kier alpha value is -2.13. The number of hydrogen-bond donors (Lipinski definition) is 1. The second kappa shape index (κ2) is 6.10. The van der Waals surface area contributed by atoms with E-state index < -0.39 is 0 Å². The van der Waals surface area contributed by atoms with Crippen LogP contribution in [0.4, 0.5) is 0 Å². The zero-order valence-corrected chi connectivity index (χ0v) is 12.6. The van der Waals surface area contributed by atoms with Crippen LogP contribution in [-0.4, -0.2) is 16.6 Å². The smallest absolute Gasteiger partial charge is 0.130 e. The van der Waals surface area contributed by atoms with E-state index in [1.807, 2.05) is 13.2 Å². The van der Waals surface area contributed by atoms with Crippen molar-refractivity contribution in [3.8, 4) is 0 Å². The molecular formula is C18H21N3. The fourth-order valence-electron chi connectivity index (χ4n) is 2.84. The maximum Gasteiger partial charge on any atom is 0.130 e. The molecule has 0 saturated heterocycles. The first-order valence-corrected chi connectivity index (χ1v) is 7.50. The number of fused-ring (bicyclic) bond motifs is 1. The molecule has 0 aliphatic rings. The van der Waals surface area contributed by atoms with Crippen LogP contribution < -0.4 is 5.32 Å². The monoisotopic (exact) mass is 279 g/mol. The van der Waals surface area contributed by atoms with Gasteiger partial charge in [0.2, 0.25) is 0 Å². The molecule has 0 bridgehead atoms. The predicted molar refractivity (Wildman–Crippen MR) is 87.4 cm³/mol. The molecule has 0 fully saturated rings. The van der Waals surface area contributed by atoms with Crippen molar-refractivity contribution < 1.29 is 0 Å². The van der Waals surface area contributed by atoms with Gasteiger partial charge in [0.1, 0.15) is 5.82 Å². The summed E-state index contributed by atoms with van der Waals surface area (Å²) in [5.41, 5.74) is 1.25. The summed E-state index contributed by atoms with van der Waals surface area (Å²) in [7, 11) is 1.99. The van der Waals surface area contributed by atoms with Crippen LogP contribution in [0.25, 0.3) is 10.8 Å². The second-order valence-corrected chi connectivity index (χ2v) is 5.31. The lowest BCUT2D eigenvalue weighted by Gasteiger charge is -2.18. The van der Waals surface area contributed by atoms with Gasteiger partial charge < -0.3 is 9.88 Å². The number of hydrogen-bond acceptors (Lipinski definition) is 2. The Kier molecular flexibility index (Phi) is 4.02. The molecular weight excluding hydrogens is 258 g/mol. The lowest BCUT2D eigenvalue weighted by molar-refractivity contribution is 0.568. The average molecular weight is 279 g/mol. The van der Waals surface area contributed by atoms with E-state index in [0.717, 1.165) is 18.8 Å². The molecule has 0 aliphatic heterocycles. The predicted octanol–water partition coefficient (Wildman–Crippen LogP) is 3.76. The summed E-state index contributed by atoms with van der Waals surface area (Å²) in [6, 6.07) is 15.2. The average Bonchev–Trinajstić information content (AvgIpc) is 2.97. The Morgan fingerprint density at radius 1 is 1.14 bits per heavy atom. The van der Waals surface area contributed by atoms with Gasteiger partial charge in [0, 0.05) is 18.9 Å². The fourth-order valence-corrected chi connectivity index (χ4v) is 2.84. The highest BCUT2D eigenvalue weighted by Crippen LogP contribution is 2.24. The molecule has 1 atom stereocenters. The van der Waals surface area contributed by atoms with Gasteiger partial charge in [-0.3, -0.25) is 0 Å². The molecule has 0 aliphatic carbocycles. The van der Waals surface area contributed by atoms with E-state index in [1.54, 1.807) is 0 Å². The maximum absolute atomic E-state index is 4.56. The number of nitrogens with one attached hydrogen (secondary N) is 1. The third kappa shape index (κ3) is 2.69. The van der Waals surface area contributed by atoms with Gasteiger partial charge in [-0.05, 0) is 35.9 Å². The molecule has 3 aromatic rings. The third-order valence-corrected chi connectivity index (χ3v) is 3.87. The Bertz CT molecular complexity index is 730. The number of aryl methyl sites for hydroxylation is 1. The van der Waals surface area contributed by atoms with Crippen LogP contribution in [0.1, 0.15) is 30.8 Å². The molecule has 2 aromatic carbocycles. The fraction of sp³-hybridized carbons (Fsp3) is 0.278. The van der Waals surface area contributed by atoms with Crippen LogP contribution in [0.2, 0.25) is 0 Å². The molecule has 0 radical (unpaired) electrons. The molecule has 1 heterocycles. The second-order valence-electron chi connectivity index (χ2n) is 5.31. The number of benzene rings is 2. The van der Waals surface area contributed by atoms with E-state index in [9.17, 15) is 0 Å². The molecule has 0 amide bonds. The van der Waals surface area contributed by atoms with Crippen molar-refractivity contribution in [2.24, 2.45) is 0 Å². The van der Waals surface area contributed by atoms with Crippen LogP contribution in [0.5, 0.6) is 0 Å². The Morgan fingerprint density at radius 2 is 1.95 bits per heavy atom. The van der Waals surface area contributed by atoms with Crippen molar-refractivity contribution in [1.82, 2.24) is 14.9 Å². The summed E-state index contributed by atoms with van der Waals surface area (Å²) >= 11 is 0. The van der Waals surface area contributed by atoms with Crippen molar-refractivity contribution in [1.29, 1.82) is 0 Å². The summed E-state index contributed by atoms with van der Waals surface area (Å²) in [4.78, 5) is 4.56. The summed E-state index contributed by atoms with van der Waals surface area (Å²) in [6.07, 6.45) is 5.05. The van der Waals surface area contributed by atoms with Gasteiger partial charge in [-0.1, -0.05) is 43.3 Å². The van der Waals surface area contributed by atoms with Crippen molar-refractivity contribution in [2.75, 3.05) is 7.05 Å². The minimum absolute atomic E-state index is 0.121. The summed E-state index contributed by atoms with van der Waals surface area (Å²) < 4.78 is 2.23. The van der Waals surface area contributed by atoms with E-state index in [4.69, 9.17) is 0 Å². The summed E-state index contributed by atoms with van der Waals surface area (Å²) in [5, 5.41) is 5.94. The first-order valence-electron chi connectivity index (χ1n) is 7.50. The van der Waals surface area contributed by atoms with Crippen LogP contribution in [0, 0.1) is 0 Å². The SMILES string of the molecule is CCCn1ccnc1C(NC)c1ccc2ccccc2c1. The highest BCUT2D eigenvalue weighted by molar-refractivity contribution is 5.83. The minimum atomic E-state index is 0.121. The zero-order valence-electron chi connectivity index (χ0n) is 12.6. The van der Waals surface area contributed by atoms with E-state index in [2.05, 4.69) is 70.5 Å². The molecule has 3 rings (SSSR count). The molecule has 1 unspecified atom stereocenters. The molecule has 1 aromatic heterocycles. The van der Waals surface area contributed by atoms with E-state index in [0.29, 0.717) is 0 Å². The topological polar surface area (TPSA) is 29.9 Å². The van der Waals surface area contributed by atoms with Crippen molar-refractivity contribution in [2.45, 2.75) is 25.9 Å². The van der Waals surface area contributed by atoms with Crippen molar-refractivity contribution in [3.05, 3.63) is 66.2 Å². The van der Waals surface area contributed by atoms with Gasteiger partial charge in [0.05, 0.1) is 6.04 Å². The zero-order chi connectivity index (χ0) is 14.7. The summed E-state index contributed by atoms with van der Waals surface area (Å²) in [5.74, 6) is 1.08. The molecule has 1 N–H and O–H groups in total. The molecule has 3 heteroatoms. The Labute approximate surface area is 125 Å². The van der Waals surface area contributed by atoms with Crippen LogP contribution in [0.3, 0.4) is 0 Å². The lowest BCUT2D eigenvalue weighted by Crippen LogP contribution is -2.22. The maximum atomic E-state index is 4.56. The normalized spacial score (nSPS) is 12.7. The van der Waals surface area contributed by atoms with E-state index >= 15 is 0 Å². The molecule has 108 valence electrons. The number of imidazole rings is 1. The number of nitrogens with zero attached hydrogens (tertiary/aromatic N) is 2. The van der Waals surface area contributed by atoms with Crippen molar-refractivity contribution in [3.63, 3.8) is 0 Å². The molecule has 3 nitrogen and oxygen atoms in total. The number of rotatable bonds is 5. The molecule has 21 heavy (non-hydrogen) atoms. The van der Waals surface area contributed by atoms with Crippen LogP contribution in [0.15, 0.2) is 54.9 Å². The van der Waals surface area contributed by atoms with Gasteiger partial charge in [-0.2, -0.15) is 0 Å². The molecule has 0 saturated carbocycles. The Morgan fingerprint density at radius 3 is 2.71 bits per heavy atom. The van der Waals surface area contributed by atoms with E-state index in [-0.39, 0.29) is 6.04 Å². The quantitative estimate of drug-likeness (QED) is 0.770. The minimum Gasteiger partial charge on any atom is -0.333 e. The lowest BCUT2D eigenvalue weighted by atomic mass is 10.0. The molecule has 0 spiro atoms. The van der Waals surface area contributed by atoms with Crippen molar-refractivity contribution >= 4 is 10.8 Å². The Balaban J connectivity index is 2.03. The highest BCUT2D eigenvalue weighted by atomic mass is 15.1. The van der Waals surface area contributed by atoms with Gasteiger partial charge in [-0.15, -0.1) is 0 Å². The standard InChI is InChI=1S/C18H21N3/c1-3-11-21-12-10-20-18(21)17(19-2)16-9-8-14-6-4-5-7-15(14)13-16/h4-10,12-13,17,19H,3,11H2,1-2H3. The third-order valence-electron chi connectivity index (χ3n) is 3.87. The van der Waals surface area contributed by atoms with E-state index in [1.165, 1.54) is 16.3 Å². The first-order chi connectivity index (χ1) is 10.3. The largest absolute Gasteiger partial charge is 0.333 e. The van der Waals surface area contributed by atoms with Crippen LogP contribution in [-0.2, 0) is 6.54 Å². The van der Waals surface area contributed by atoms with Gasteiger partial charge >= 0.3 is 0 Å².